The monoisotopic (exact) mass is 284 g/mol. The van der Waals surface area contributed by atoms with Crippen molar-refractivity contribution >= 4 is 28.4 Å². The predicted octanol–water partition coefficient (Wildman–Crippen LogP) is 4.88. The molecule has 0 bridgehead atoms. The second-order valence-electron chi connectivity index (χ2n) is 4.84. The number of ketones is 1. The van der Waals surface area contributed by atoms with Crippen molar-refractivity contribution in [1.82, 2.24) is 0 Å². The number of Topliss-reactive ketones (excluding diaryl/α,β-unsaturated/α-hetero) is 1. The van der Waals surface area contributed by atoms with Crippen LogP contribution in [0.1, 0.15) is 12.5 Å². The Morgan fingerprint density at radius 2 is 1.90 bits per heavy atom. The Balaban J connectivity index is 1.98. The van der Waals surface area contributed by atoms with E-state index in [4.69, 9.17) is 16.0 Å². The lowest BCUT2D eigenvalue weighted by atomic mass is 10.1. The first-order valence-corrected chi connectivity index (χ1v) is 6.78. The predicted molar refractivity (Wildman–Crippen MR) is 81.0 cm³/mol. The molecule has 0 amide bonds. The molecular weight excluding hydrogens is 272 g/mol. The third kappa shape index (κ3) is 2.47. The second kappa shape index (κ2) is 5.14. The van der Waals surface area contributed by atoms with E-state index in [0.717, 1.165) is 22.3 Å². The molecule has 0 radical (unpaired) electrons. The van der Waals surface area contributed by atoms with Gasteiger partial charge in [-0.15, -0.1) is 0 Å². The van der Waals surface area contributed by atoms with Gasteiger partial charge in [-0.25, -0.2) is 0 Å². The minimum atomic E-state index is 0.160. The molecule has 0 saturated carbocycles. The highest BCUT2D eigenvalue weighted by Crippen LogP contribution is 2.32. The number of halogens is 1. The fourth-order valence-electron chi connectivity index (χ4n) is 2.24. The van der Waals surface area contributed by atoms with E-state index in [1.54, 1.807) is 6.92 Å². The van der Waals surface area contributed by atoms with Gasteiger partial charge in [0.1, 0.15) is 11.5 Å². The Morgan fingerprint density at radius 1 is 1.15 bits per heavy atom. The molecule has 2 aromatic carbocycles. The first kappa shape index (κ1) is 12.9. The van der Waals surface area contributed by atoms with Gasteiger partial charge in [-0.1, -0.05) is 48.0 Å². The van der Waals surface area contributed by atoms with Gasteiger partial charge in [0, 0.05) is 17.4 Å². The standard InChI is InChI=1S/C17H13ClO2/c1-11(19)9-12-5-7-13(8-6-12)16-10-14-3-2-4-15(18)17(14)20-16/h2-8,10H,9H2,1H3. The van der Waals surface area contributed by atoms with Crippen LogP contribution in [0.4, 0.5) is 0 Å². The molecule has 3 heteroatoms. The van der Waals surface area contributed by atoms with Gasteiger partial charge in [0.25, 0.3) is 0 Å². The van der Waals surface area contributed by atoms with Gasteiger partial charge in [-0.3, -0.25) is 4.79 Å². The van der Waals surface area contributed by atoms with Crippen LogP contribution in [0.2, 0.25) is 5.02 Å². The Kier molecular flexibility index (Phi) is 3.33. The third-order valence-corrected chi connectivity index (χ3v) is 3.49. The van der Waals surface area contributed by atoms with Gasteiger partial charge in [0.15, 0.2) is 5.58 Å². The highest BCUT2D eigenvalue weighted by Gasteiger charge is 2.08. The SMILES string of the molecule is CC(=O)Cc1ccc(-c2cc3cccc(Cl)c3o2)cc1. The van der Waals surface area contributed by atoms with E-state index in [1.807, 2.05) is 48.5 Å². The molecule has 1 aromatic heterocycles. The number of fused-ring (bicyclic) bond motifs is 1. The quantitative estimate of drug-likeness (QED) is 0.686. The van der Waals surface area contributed by atoms with Crippen LogP contribution in [0, 0.1) is 0 Å². The van der Waals surface area contributed by atoms with Gasteiger partial charge in [-0.2, -0.15) is 0 Å². The summed E-state index contributed by atoms with van der Waals surface area (Å²) in [5, 5.41) is 1.60. The van der Waals surface area contributed by atoms with Crippen molar-refractivity contribution in [2.24, 2.45) is 0 Å². The van der Waals surface area contributed by atoms with E-state index in [1.165, 1.54) is 0 Å². The molecule has 0 fully saturated rings. The molecule has 0 unspecified atom stereocenters. The molecule has 0 N–H and O–H groups in total. The number of hydrogen-bond donors (Lipinski definition) is 0. The van der Waals surface area contributed by atoms with Gasteiger partial charge in [0.05, 0.1) is 5.02 Å². The molecule has 2 nitrogen and oxygen atoms in total. The summed E-state index contributed by atoms with van der Waals surface area (Å²) >= 11 is 6.11. The first-order chi connectivity index (χ1) is 9.63. The van der Waals surface area contributed by atoms with Crippen LogP contribution < -0.4 is 0 Å². The fourth-order valence-corrected chi connectivity index (χ4v) is 2.46. The fraction of sp³-hybridized carbons (Fsp3) is 0.118. The molecule has 20 heavy (non-hydrogen) atoms. The van der Waals surface area contributed by atoms with Crippen LogP contribution in [0.15, 0.2) is 52.9 Å². The Hall–Kier alpha value is -2.06. The molecule has 0 saturated heterocycles. The zero-order valence-electron chi connectivity index (χ0n) is 11.0. The van der Waals surface area contributed by atoms with E-state index in [0.29, 0.717) is 17.0 Å². The maximum absolute atomic E-state index is 11.1. The van der Waals surface area contributed by atoms with Crippen molar-refractivity contribution in [2.75, 3.05) is 0 Å². The van der Waals surface area contributed by atoms with Crippen molar-refractivity contribution in [3.8, 4) is 11.3 Å². The Morgan fingerprint density at radius 3 is 2.55 bits per heavy atom. The van der Waals surface area contributed by atoms with Crippen molar-refractivity contribution in [3.63, 3.8) is 0 Å². The van der Waals surface area contributed by atoms with Crippen LogP contribution in [-0.4, -0.2) is 5.78 Å². The zero-order valence-corrected chi connectivity index (χ0v) is 11.8. The van der Waals surface area contributed by atoms with E-state index in [2.05, 4.69) is 0 Å². The van der Waals surface area contributed by atoms with E-state index < -0.39 is 0 Å². The molecule has 0 aliphatic heterocycles. The number of carbonyl (C=O) groups excluding carboxylic acids is 1. The van der Waals surface area contributed by atoms with Gasteiger partial charge in [0.2, 0.25) is 0 Å². The molecule has 0 aliphatic rings. The first-order valence-electron chi connectivity index (χ1n) is 6.40. The lowest BCUT2D eigenvalue weighted by Crippen LogP contribution is -1.95. The number of furan rings is 1. The van der Waals surface area contributed by atoms with Crippen molar-refractivity contribution in [2.45, 2.75) is 13.3 Å². The summed E-state index contributed by atoms with van der Waals surface area (Å²) in [6, 6.07) is 15.5. The number of rotatable bonds is 3. The largest absolute Gasteiger partial charge is 0.455 e. The summed E-state index contributed by atoms with van der Waals surface area (Å²) in [7, 11) is 0. The maximum atomic E-state index is 11.1. The van der Waals surface area contributed by atoms with Crippen LogP contribution in [0.3, 0.4) is 0 Å². The van der Waals surface area contributed by atoms with Crippen LogP contribution in [0.5, 0.6) is 0 Å². The van der Waals surface area contributed by atoms with Crippen LogP contribution in [0.25, 0.3) is 22.3 Å². The molecule has 3 rings (SSSR count). The summed E-state index contributed by atoms with van der Waals surface area (Å²) in [6.45, 7) is 1.59. The van der Waals surface area contributed by atoms with Crippen LogP contribution >= 0.6 is 11.6 Å². The molecule has 0 spiro atoms. The highest BCUT2D eigenvalue weighted by atomic mass is 35.5. The molecule has 0 atom stereocenters. The summed E-state index contributed by atoms with van der Waals surface area (Å²) in [4.78, 5) is 11.1. The lowest BCUT2D eigenvalue weighted by molar-refractivity contribution is -0.116. The number of carbonyl (C=O) groups is 1. The van der Waals surface area contributed by atoms with Gasteiger partial charge < -0.3 is 4.42 Å². The molecule has 3 aromatic rings. The number of para-hydroxylation sites is 1. The van der Waals surface area contributed by atoms with Crippen molar-refractivity contribution in [3.05, 3.63) is 59.1 Å². The summed E-state index contributed by atoms with van der Waals surface area (Å²) in [6.07, 6.45) is 0.465. The molecule has 1 heterocycles. The maximum Gasteiger partial charge on any atom is 0.153 e. The van der Waals surface area contributed by atoms with Crippen LogP contribution in [-0.2, 0) is 11.2 Å². The normalized spacial score (nSPS) is 10.9. The average molecular weight is 285 g/mol. The summed E-state index contributed by atoms with van der Waals surface area (Å²) < 4.78 is 5.81. The average Bonchev–Trinajstić information content (AvgIpc) is 2.84. The lowest BCUT2D eigenvalue weighted by Gasteiger charge is -2.00. The minimum Gasteiger partial charge on any atom is -0.455 e. The number of hydrogen-bond acceptors (Lipinski definition) is 2. The Bertz CT molecular complexity index is 769. The summed E-state index contributed by atoms with van der Waals surface area (Å²) in [5.74, 6) is 0.941. The van der Waals surface area contributed by atoms with Crippen molar-refractivity contribution in [1.29, 1.82) is 0 Å². The third-order valence-electron chi connectivity index (χ3n) is 3.19. The molecule has 0 aliphatic carbocycles. The van der Waals surface area contributed by atoms with Gasteiger partial charge in [-0.05, 0) is 24.6 Å². The second-order valence-corrected chi connectivity index (χ2v) is 5.25. The van der Waals surface area contributed by atoms with Gasteiger partial charge >= 0.3 is 0 Å². The van der Waals surface area contributed by atoms with Crippen molar-refractivity contribution < 1.29 is 9.21 Å². The van der Waals surface area contributed by atoms with E-state index in [-0.39, 0.29) is 5.78 Å². The summed E-state index contributed by atoms with van der Waals surface area (Å²) in [5.41, 5.74) is 2.69. The molecular formula is C17H13ClO2. The van der Waals surface area contributed by atoms with E-state index in [9.17, 15) is 4.79 Å². The Labute approximate surface area is 122 Å². The van der Waals surface area contributed by atoms with E-state index >= 15 is 0 Å². The minimum absolute atomic E-state index is 0.160. The topological polar surface area (TPSA) is 30.2 Å². The highest BCUT2D eigenvalue weighted by molar-refractivity contribution is 6.34. The smallest absolute Gasteiger partial charge is 0.153 e. The molecule has 100 valence electrons. The number of benzene rings is 2. The zero-order chi connectivity index (χ0) is 14.1.